The second-order valence-corrected chi connectivity index (χ2v) is 51.2. The molecule has 0 nitrogen and oxygen atoms in total. The second-order valence-electron chi connectivity index (χ2n) is 8.63. The van der Waals surface area contributed by atoms with Crippen LogP contribution < -0.4 is 0 Å². The van der Waals surface area contributed by atoms with E-state index in [0.29, 0.717) is 0 Å². The van der Waals surface area contributed by atoms with Crippen LogP contribution in [0.4, 0.5) is 0 Å². The Morgan fingerprint density at radius 3 is 2.32 bits per heavy atom. The van der Waals surface area contributed by atoms with Crippen LogP contribution in [-0.2, 0) is 22.0 Å². The summed E-state index contributed by atoms with van der Waals surface area (Å²) >= 11 is -4.32. The summed E-state index contributed by atoms with van der Waals surface area (Å²) in [6.45, 7) is 9.30. The third-order valence-corrected chi connectivity index (χ3v) is 59.1. The van der Waals surface area contributed by atoms with Crippen molar-refractivity contribution in [2.24, 2.45) is 0 Å². The first-order valence-electron chi connectivity index (χ1n) is 10.5. The van der Waals surface area contributed by atoms with Gasteiger partial charge in [-0.15, -0.1) is 0 Å². The number of rotatable bonds is 5. The zero-order valence-corrected chi connectivity index (χ0v) is 22.3. The van der Waals surface area contributed by atoms with Crippen LogP contribution in [-0.4, -0.2) is 5.92 Å². The monoisotopic (exact) mass is 505 g/mol. The van der Waals surface area contributed by atoms with Crippen molar-refractivity contribution in [2.45, 2.75) is 47.0 Å². The molecular weight excluding hydrogens is 478 g/mol. The molecule has 2 atom stereocenters. The average molecular weight is 508 g/mol. The van der Waals surface area contributed by atoms with Gasteiger partial charge in [-0.25, -0.2) is 0 Å². The van der Waals surface area contributed by atoms with Crippen molar-refractivity contribution in [2.75, 3.05) is 0 Å². The van der Waals surface area contributed by atoms with Crippen molar-refractivity contribution in [1.29, 1.82) is 0 Å². The van der Waals surface area contributed by atoms with Crippen molar-refractivity contribution in [1.82, 2.24) is 0 Å². The number of hydrogen-bond acceptors (Lipinski definition) is 0. The molecule has 2 aliphatic carbocycles. The van der Waals surface area contributed by atoms with E-state index in [-0.39, 0.29) is 7.25 Å². The molecule has 2 aromatic rings. The topological polar surface area (TPSA) is 0 Å². The maximum absolute atomic E-state index is 8.01. The maximum atomic E-state index is 8.01. The van der Waals surface area contributed by atoms with Gasteiger partial charge in [0.2, 0.25) is 0 Å². The van der Waals surface area contributed by atoms with Gasteiger partial charge in [-0.2, -0.15) is 0 Å². The summed E-state index contributed by atoms with van der Waals surface area (Å²) in [5.74, 6) is -1.37. The van der Waals surface area contributed by atoms with Crippen molar-refractivity contribution >= 4 is 35.1 Å². The molecule has 4 heteroatoms. The molecule has 0 spiro atoms. The molecule has 0 radical (unpaired) electrons. The number of fused-ring (bicyclic) bond motifs is 2. The van der Waals surface area contributed by atoms with E-state index in [0.717, 1.165) is 12.8 Å². The minimum atomic E-state index is -4.32. The zero-order chi connectivity index (χ0) is 20.1. The average Bonchev–Trinajstić information content (AvgIpc) is 3.30. The fraction of sp³-hybridized carbons (Fsp3) is 0.333. The summed E-state index contributed by atoms with van der Waals surface area (Å²) in [5, 5.41) is 0. The summed E-state index contributed by atoms with van der Waals surface area (Å²) in [5.41, 5.74) is 8.35. The van der Waals surface area contributed by atoms with Crippen molar-refractivity contribution < 1.29 is 15.6 Å². The second kappa shape index (κ2) is 7.38. The molecule has 0 bridgehead atoms. The van der Waals surface area contributed by atoms with Gasteiger partial charge in [0.05, 0.1) is 0 Å². The number of aryl methyl sites for hydroxylation is 1. The fourth-order valence-electron chi connectivity index (χ4n) is 5.40. The first-order chi connectivity index (χ1) is 13.3. The van der Waals surface area contributed by atoms with Gasteiger partial charge < -0.3 is 0 Å². The predicted octanol–water partition coefficient (Wildman–Crippen LogP) is 7.85. The molecule has 0 saturated carbocycles. The van der Waals surface area contributed by atoms with E-state index in [2.05, 4.69) is 87.6 Å². The van der Waals surface area contributed by atoms with E-state index >= 15 is 0 Å². The summed E-state index contributed by atoms with van der Waals surface area (Å²) in [6.07, 6.45) is 9.09. The Hall–Kier alpha value is -0.400. The molecule has 0 aliphatic heterocycles. The van der Waals surface area contributed by atoms with Gasteiger partial charge in [0.1, 0.15) is 0 Å². The van der Waals surface area contributed by atoms with Crippen LogP contribution in [0.1, 0.15) is 55.3 Å². The normalized spacial score (nSPS) is 22.0. The first-order valence-corrected chi connectivity index (χ1v) is 26.8. The number of allylic oxidation sites excluding steroid dienone is 2. The third kappa shape index (κ3) is 2.86. The van der Waals surface area contributed by atoms with E-state index in [4.69, 9.17) is 17.0 Å². The molecule has 2 aromatic carbocycles. The molecule has 0 N–H and O–H groups in total. The van der Waals surface area contributed by atoms with Gasteiger partial charge in [-0.3, -0.25) is 0 Å². The standard InChI is InChI=1S/C13H15.C9H7.C2H7Si.2ClH.Zr/c1-3-10-8-12-7-5-6-11(4-2)13(12)9-10;1-2-5-9-7-3-6-8(9)4-1;1-3-2;;;/h5-9H,3-4H2,1-2H3;1-7H;3H,1-2H3;2*1H;/q;;;;;+2/p-2. The van der Waals surface area contributed by atoms with E-state index in [1.165, 1.54) is 33.4 Å². The van der Waals surface area contributed by atoms with Crippen LogP contribution in [0, 0.1) is 0 Å². The summed E-state index contributed by atoms with van der Waals surface area (Å²) in [6, 6.07) is 15.5. The van der Waals surface area contributed by atoms with Gasteiger partial charge in [0.15, 0.2) is 0 Å². The zero-order valence-electron chi connectivity index (χ0n) is 17.2. The Morgan fingerprint density at radius 1 is 0.929 bits per heavy atom. The Balaban J connectivity index is 1.97. The van der Waals surface area contributed by atoms with Crippen molar-refractivity contribution in [3.8, 4) is 0 Å². The van der Waals surface area contributed by atoms with E-state index in [9.17, 15) is 0 Å². The molecule has 0 amide bonds. The van der Waals surface area contributed by atoms with Crippen LogP contribution >= 0.6 is 17.0 Å². The summed E-state index contributed by atoms with van der Waals surface area (Å²) in [4.78, 5) is 0. The molecule has 2 unspecified atom stereocenters. The van der Waals surface area contributed by atoms with Gasteiger partial charge in [-0.1, -0.05) is 0 Å². The van der Waals surface area contributed by atoms with Gasteiger partial charge in [-0.05, 0) is 0 Å². The predicted molar refractivity (Wildman–Crippen MR) is 126 cm³/mol. The molecule has 28 heavy (non-hydrogen) atoms. The van der Waals surface area contributed by atoms with Gasteiger partial charge >= 0.3 is 180 Å². The summed E-state index contributed by atoms with van der Waals surface area (Å²) < 4.78 is 0.451. The minimum absolute atomic E-state index is 0.212. The third-order valence-electron chi connectivity index (χ3n) is 7.08. The Morgan fingerprint density at radius 2 is 1.64 bits per heavy atom. The van der Waals surface area contributed by atoms with Crippen LogP contribution in [0.3, 0.4) is 0 Å². The van der Waals surface area contributed by atoms with Gasteiger partial charge in [0.25, 0.3) is 0 Å². The quantitative estimate of drug-likeness (QED) is 0.362. The number of hydrogen-bond donors (Lipinski definition) is 0. The van der Waals surface area contributed by atoms with E-state index < -0.39 is 21.5 Å². The fourth-order valence-corrected chi connectivity index (χ4v) is 35.0. The molecule has 147 valence electrons. The SMILES string of the molecule is CCC1=Cc2c(CC)cccc2[CH]1[Zr]([Cl])([Cl])([CH]1C=Cc2ccccc21)[SiH](C)C. The van der Waals surface area contributed by atoms with E-state index in [1.54, 1.807) is 0 Å². The molecule has 0 heterocycles. The number of halogens is 2. The summed E-state index contributed by atoms with van der Waals surface area (Å²) in [7, 11) is 16.0. The Kier molecular flexibility index (Phi) is 5.50. The van der Waals surface area contributed by atoms with E-state index in [1.807, 2.05) is 0 Å². The van der Waals surface area contributed by atoms with Crippen molar-refractivity contribution in [3.05, 3.63) is 81.9 Å². The van der Waals surface area contributed by atoms with Crippen LogP contribution in [0.25, 0.3) is 12.2 Å². The van der Waals surface area contributed by atoms with Crippen molar-refractivity contribution in [3.63, 3.8) is 0 Å². The number of benzene rings is 2. The van der Waals surface area contributed by atoms with Crippen LogP contribution in [0.5, 0.6) is 0 Å². The van der Waals surface area contributed by atoms with Crippen LogP contribution in [0.15, 0.2) is 54.1 Å². The molecule has 2 aliphatic rings. The Labute approximate surface area is 178 Å². The van der Waals surface area contributed by atoms with Gasteiger partial charge in [0, 0.05) is 0 Å². The molecule has 0 saturated heterocycles. The Bertz CT molecular complexity index is 990. The molecular formula is C24H29Cl2SiZr. The first kappa shape index (κ1) is 20.9. The molecule has 4 rings (SSSR count). The molecule has 0 aromatic heterocycles. The van der Waals surface area contributed by atoms with Crippen LogP contribution in [0.2, 0.25) is 13.1 Å². The molecule has 0 fully saturated rings.